The molecule has 5 aliphatic rings. The molecule has 2 saturated heterocycles. The van der Waals surface area contributed by atoms with Crippen LogP contribution in [0.3, 0.4) is 0 Å². The van der Waals surface area contributed by atoms with Gasteiger partial charge in [0.1, 0.15) is 53.4 Å². The number of aliphatic hydroxyl groups is 1. The number of hydrogen-bond acceptors (Lipinski definition) is 12. The van der Waals surface area contributed by atoms with Gasteiger partial charge in [0.2, 0.25) is 0 Å². The first-order valence-corrected chi connectivity index (χ1v) is 17.1. The second-order valence-corrected chi connectivity index (χ2v) is 14.2. The number of ketones is 1. The highest BCUT2D eigenvalue weighted by molar-refractivity contribution is 5.97. The largest absolute Gasteiger partial charge is 0.508 e. The van der Waals surface area contributed by atoms with E-state index in [1.807, 2.05) is 19.9 Å². The van der Waals surface area contributed by atoms with Crippen molar-refractivity contribution in [1.82, 2.24) is 0 Å². The number of epoxide rings is 1. The van der Waals surface area contributed by atoms with Crippen molar-refractivity contribution < 1.29 is 58.2 Å². The molecule has 2 bridgehead atoms. The summed E-state index contributed by atoms with van der Waals surface area (Å²) in [6, 6.07) is 2.54. The number of benzene rings is 1. The Hall–Kier alpha value is -3.74. The third kappa shape index (κ3) is 6.87. The summed E-state index contributed by atoms with van der Waals surface area (Å²) in [6.45, 7) is 9.07. The summed E-state index contributed by atoms with van der Waals surface area (Å²) in [5.74, 6) is -1.65. The van der Waals surface area contributed by atoms with Crippen molar-refractivity contribution in [1.29, 1.82) is 0 Å². The summed E-state index contributed by atoms with van der Waals surface area (Å²) in [5.41, 5.74) is -0.430. The molecule has 1 spiro atoms. The van der Waals surface area contributed by atoms with E-state index in [2.05, 4.69) is 6.08 Å². The Bertz CT molecular complexity index is 1520. The highest BCUT2D eigenvalue weighted by Gasteiger charge is 2.85. The Morgan fingerprint density at radius 1 is 1.06 bits per heavy atom. The van der Waals surface area contributed by atoms with Crippen LogP contribution in [-0.4, -0.2) is 88.3 Å². The van der Waals surface area contributed by atoms with Crippen molar-refractivity contribution in [3.63, 3.8) is 0 Å². The molecule has 2 aliphatic carbocycles. The summed E-state index contributed by atoms with van der Waals surface area (Å²) < 4.78 is 28.6. The van der Waals surface area contributed by atoms with E-state index in [1.165, 1.54) is 25.5 Å². The molecule has 0 radical (unpaired) electrons. The predicted molar refractivity (Wildman–Crippen MR) is 175 cm³/mol. The van der Waals surface area contributed by atoms with Gasteiger partial charge in [-0.1, -0.05) is 30.7 Å². The maximum absolute atomic E-state index is 12.3. The standard InChI is InChI=1S/C19H26O7.C18H22O5/c1-10-5-6-18(8-23-11(2)20)13(7-10)26-16-14(22)15(25-12(3)21)17(18,4)19(16)9-24-19;1-12-6-5-9-14(19)8-4-2-3-7-13-10-15(20)11-16(21)17(13)18(22)23-12/h7,13-16,22H,5-6,8-9H2,1-4H3;3,7,10-12,20-21H,2,4-6,8-9H2,1H3/b;7-3+/t13-,14-,15-,16-,17-,18-,19?;12-/m10/s1. The lowest BCUT2D eigenvalue weighted by Gasteiger charge is -2.58. The van der Waals surface area contributed by atoms with Crippen molar-refractivity contribution in [2.45, 2.75) is 122 Å². The van der Waals surface area contributed by atoms with Gasteiger partial charge in [0.05, 0.1) is 24.2 Å². The molecule has 3 aliphatic heterocycles. The molecule has 268 valence electrons. The fraction of sp³-hybridized carbons (Fsp3) is 0.622. The van der Waals surface area contributed by atoms with Gasteiger partial charge in [-0.05, 0) is 64.0 Å². The van der Waals surface area contributed by atoms with Gasteiger partial charge in [0.25, 0.3) is 0 Å². The van der Waals surface area contributed by atoms with Crippen LogP contribution < -0.4 is 0 Å². The van der Waals surface area contributed by atoms with Crippen LogP contribution in [0.15, 0.2) is 29.9 Å². The molecule has 0 aromatic heterocycles. The van der Waals surface area contributed by atoms with Crippen LogP contribution in [0.2, 0.25) is 0 Å². The van der Waals surface area contributed by atoms with E-state index >= 15 is 0 Å². The van der Waals surface area contributed by atoms with Crippen LogP contribution in [0.4, 0.5) is 0 Å². The number of aliphatic hydroxyl groups excluding tert-OH is 1. The molecule has 3 heterocycles. The first-order chi connectivity index (χ1) is 23.1. The molecular weight excluding hydrogens is 636 g/mol. The molecule has 1 saturated carbocycles. The summed E-state index contributed by atoms with van der Waals surface area (Å²) in [4.78, 5) is 47.4. The summed E-state index contributed by atoms with van der Waals surface area (Å²) in [5, 5.41) is 30.6. The molecule has 1 aromatic rings. The Labute approximate surface area is 286 Å². The first-order valence-electron chi connectivity index (χ1n) is 17.1. The number of phenols is 2. The van der Waals surface area contributed by atoms with E-state index in [0.29, 0.717) is 50.7 Å². The van der Waals surface area contributed by atoms with E-state index in [-0.39, 0.29) is 47.6 Å². The number of allylic oxidation sites excluding steroid dienone is 2. The third-order valence-corrected chi connectivity index (χ3v) is 10.9. The zero-order valence-corrected chi connectivity index (χ0v) is 28.9. The van der Waals surface area contributed by atoms with Gasteiger partial charge in [-0.15, -0.1) is 0 Å². The predicted octanol–water partition coefficient (Wildman–Crippen LogP) is 4.70. The minimum Gasteiger partial charge on any atom is -0.508 e. The molecule has 49 heavy (non-hydrogen) atoms. The topological polar surface area (TPSA) is 178 Å². The molecule has 1 aromatic carbocycles. The highest BCUT2D eigenvalue weighted by atomic mass is 16.7. The first kappa shape index (κ1) is 36.5. The van der Waals surface area contributed by atoms with E-state index in [4.69, 9.17) is 23.7 Å². The number of hydrogen-bond donors (Lipinski definition) is 3. The second kappa shape index (κ2) is 14.2. The van der Waals surface area contributed by atoms with E-state index in [1.54, 1.807) is 13.0 Å². The average molecular weight is 685 g/mol. The molecule has 12 heteroatoms. The smallest absolute Gasteiger partial charge is 0.342 e. The summed E-state index contributed by atoms with van der Waals surface area (Å²) >= 11 is 0. The zero-order valence-electron chi connectivity index (χ0n) is 28.9. The van der Waals surface area contributed by atoms with Crippen molar-refractivity contribution >= 4 is 29.8 Å². The number of Topliss-reactive ketones (excluding diaryl/α,β-unsaturated/α-hetero) is 1. The van der Waals surface area contributed by atoms with Gasteiger partial charge in [0, 0.05) is 38.2 Å². The van der Waals surface area contributed by atoms with Crippen LogP contribution in [0, 0.1) is 10.8 Å². The molecule has 1 unspecified atom stereocenters. The van der Waals surface area contributed by atoms with Crippen LogP contribution in [0.1, 0.15) is 102 Å². The van der Waals surface area contributed by atoms with Crippen molar-refractivity contribution in [3.05, 3.63) is 41.0 Å². The van der Waals surface area contributed by atoms with Crippen LogP contribution in [0.5, 0.6) is 11.5 Å². The fourth-order valence-corrected chi connectivity index (χ4v) is 8.22. The van der Waals surface area contributed by atoms with Crippen LogP contribution in [0.25, 0.3) is 6.08 Å². The van der Waals surface area contributed by atoms with Gasteiger partial charge in [-0.25, -0.2) is 4.79 Å². The number of rotatable bonds is 3. The number of carbonyl (C=O) groups excluding carboxylic acids is 4. The number of fused-ring (bicyclic) bond motifs is 3. The Kier molecular flexibility index (Phi) is 10.6. The number of cyclic esters (lactones) is 1. The molecule has 6 rings (SSSR count). The lowest BCUT2D eigenvalue weighted by molar-refractivity contribution is -0.233. The fourth-order valence-electron chi connectivity index (χ4n) is 8.22. The highest BCUT2D eigenvalue weighted by Crippen LogP contribution is 2.72. The molecule has 3 N–H and O–H groups in total. The quantitative estimate of drug-likeness (QED) is 0.173. The van der Waals surface area contributed by atoms with Gasteiger partial charge >= 0.3 is 17.9 Å². The number of carbonyl (C=O) groups is 4. The maximum Gasteiger partial charge on any atom is 0.342 e. The second-order valence-electron chi connectivity index (χ2n) is 14.2. The van der Waals surface area contributed by atoms with Crippen LogP contribution in [-0.2, 0) is 38.1 Å². The normalized spacial score (nSPS) is 36.0. The average Bonchev–Trinajstić information content (AvgIpc) is 3.80. The van der Waals surface area contributed by atoms with Crippen LogP contribution >= 0.6 is 0 Å². The van der Waals surface area contributed by atoms with E-state index < -0.39 is 46.7 Å². The molecule has 12 nitrogen and oxygen atoms in total. The SMILES string of the molecule is CC(=O)OC[C@]12CCC(C)=C[C@H]1O[C@@H]1[C@H](O)[C@@H](OC(C)=O)[C@@]2(C)C12CO2.C[C@H]1CCCC(=O)CCC/C=C/c2cc(O)cc(O)c2C(=O)O1. The minimum absolute atomic E-state index is 0.0547. The zero-order chi connectivity index (χ0) is 35.7. The lowest BCUT2D eigenvalue weighted by Crippen LogP contribution is -2.66. The van der Waals surface area contributed by atoms with Gasteiger partial charge in [-0.2, -0.15) is 0 Å². The summed E-state index contributed by atoms with van der Waals surface area (Å²) in [6.07, 6.45) is 7.79. The van der Waals surface area contributed by atoms with E-state index in [9.17, 15) is 34.5 Å². The molecule has 0 amide bonds. The Balaban J connectivity index is 0.000000193. The van der Waals surface area contributed by atoms with Crippen molar-refractivity contribution in [2.75, 3.05) is 13.2 Å². The maximum atomic E-state index is 12.3. The van der Waals surface area contributed by atoms with Gasteiger partial charge < -0.3 is 39.0 Å². The van der Waals surface area contributed by atoms with Gasteiger partial charge in [0.15, 0.2) is 0 Å². The number of phenolic OH excluding ortho intramolecular Hbond substituents is 2. The Morgan fingerprint density at radius 2 is 1.78 bits per heavy atom. The number of aromatic hydroxyl groups is 2. The molecular formula is C37H48O12. The van der Waals surface area contributed by atoms with Crippen molar-refractivity contribution in [3.8, 4) is 11.5 Å². The molecule has 3 fully saturated rings. The van der Waals surface area contributed by atoms with Gasteiger partial charge in [-0.3, -0.25) is 14.4 Å². The number of esters is 3. The Morgan fingerprint density at radius 3 is 2.45 bits per heavy atom. The van der Waals surface area contributed by atoms with Crippen molar-refractivity contribution in [2.24, 2.45) is 10.8 Å². The van der Waals surface area contributed by atoms with E-state index in [0.717, 1.165) is 18.9 Å². The third-order valence-electron chi connectivity index (χ3n) is 10.9. The monoisotopic (exact) mass is 684 g/mol. The lowest BCUT2D eigenvalue weighted by atomic mass is 9.51. The number of ether oxygens (including phenoxy) is 5. The minimum atomic E-state index is -0.986. The molecule has 8 atom stereocenters. The summed E-state index contributed by atoms with van der Waals surface area (Å²) in [7, 11) is 0.